The van der Waals surface area contributed by atoms with Crippen molar-refractivity contribution in [1.82, 2.24) is 20.9 Å². The van der Waals surface area contributed by atoms with E-state index in [4.69, 9.17) is 9.47 Å². The molecule has 0 spiro atoms. The van der Waals surface area contributed by atoms with E-state index in [0.29, 0.717) is 31.6 Å². The molecule has 5 rings (SSSR count). The number of aromatic amines is 1. The number of para-hydroxylation sites is 1. The number of alkyl carbamates (subject to hydrolysis) is 1. The molecular formula is C36H40N4O5. The van der Waals surface area contributed by atoms with Crippen molar-refractivity contribution < 1.29 is 23.9 Å². The highest BCUT2D eigenvalue weighted by Crippen LogP contribution is 2.29. The number of ketones is 1. The summed E-state index contributed by atoms with van der Waals surface area (Å²) >= 11 is 0. The molecule has 9 heteroatoms. The minimum Gasteiger partial charge on any atom is -0.445 e. The molecule has 3 aromatic carbocycles. The van der Waals surface area contributed by atoms with E-state index in [2.05, 4.69) is 27.5 Å². The van der Waals surface area contributed by atoms with Gasteiger partial charge in [0.25, 0.3) is 0 Å². The van der Waals surface area contributed by atoms with Crippen LogP contribution in [0.5, 0.6) is 0 Å². The van der Waals surface area contributed by atoms with Gasteiger partial charge in [-0.15, -0.1) is 0 Å². The van der Waals surface area contributed by atoms with Gasteiger partial charge in [0.2, 0.25) is 5.91 Å². The number of aromatic nitrogens is 1. The number of Topliss-reactive ketones (excluding diaryl/α,β-unsaturated/α-hetero) is 1. The van der Waals surface area contributed by atoms with Crippen molar-refractivity contribution >= 4 is 28.7 Å². The molecule has 0 saturated carbocycles. The van der Waals surface area contributed by atoms with E-state index in [1.54, 1.807) is 6.92 Å². The second-order valence-corrected chi connectivity index (χ2v) is 11.6. The van der Waals surface area contributed by atoms with E-state index in [0.717, 1.165) is 27.6 Å². The van der Waals surface area contributed by atoms with Gasteiger partial charge in [0.1, 0.15) is 18.2 Å². The van der Waals surface area contributed by atoms with Gasteiger partial charge in [0.15, 0.2) is 5.78 Å². The average Bonchev–Trinajstić information content (AvgIpc) is 3.69. The maximum atomic E-state index is 13.6. The molecule has 234 valence electrons. The normalized spacial score (nSPS) is 17.5. The lowest BCUT2D eigenvalue weighted by Gasteiger charge is -2.29. The van der Waals surface area contributed by atoms with Gasteiger partial charge in [-0.25, -0.2) is 4.79 Å². The number of rotatable bonds is 15. The summed E-state index contributed by atoms with van der Waals surface area (Å²) in [6.45, 7) is 8.36. The van der Waals surface area contributed by atoms with Crippen LogP contribution < -0.4 is 16.0 Å². The third-order valence-electron chi connectivity index (χ3n) is 8.12. The van der Waals surface area contributed by atoms with Gasteiger partial charge in [-0.2, -0.15) is 0 Å². The summed E-state index contributed by atoms with van der Waals surface area (Å²) in [5.74, 6) is -0.454. The molecule has 0 aliphatic carbocycles. The third kappa shape index (κ3) is 8.19. The maximum Gasteiger partial charge on any atom is 0.408 e. The van der Waals surface area contributed by atoms with Gasteiger partial charge in [-0.1, -0.05) is 92.4 Å². The lowest BCUT2D eigenvalue weighted by atomic mass is 9.93. The fraction of sp³-hybridized carbons (Fsp3) is 0.306. The molecule has 4 N–H and O–H groups in total. The van der Waals surface area contributed by atoms with Crippen molar-refractivity contribution in [3.63, 3.8) is 0 Å². The number of fused-ring (bicyclic) bond motifs is 1. The molecule has 1 aliphatic rings. The molecule has 1 saturated heterocycles. The summed E-state index contributed by atoms with van der Waals surface area (Å²) in [7, 11) is 0. The second-order valence-electron chi connectivity index (χ2n) is 11.6. The molecule has 4 aromatic rings. The topological polar surface area (TPSA) is 125 Å². The number of hydrogen-bond acceptors (Lipinski definition) is 6. The van der Waals surface area contributed by atoms with Crippen molar-refractivity contribution in [3.8, 4) is 0 Å². The van der Waals surface area contributed by atoms with Crippen LogP contribution in [0.3, 0.4) is 0 Å². The summed E-state index contributed by atoms with van der Waals surface area (Å²) in [5.41, 5.74) is 3.42. The van der Waals surface area contributed by atoms with E-state index >= 15 is 0 Å². The molecule has 1 fully saturated rings. The average molecular weight is 609 g/mol. The Labute approximate surface area is 263 Å². The van der Waals surface area contributed by atoms with Crippen LogP contribution >= 0.6 is 0 Å². The highest BCUT2D eigenvalue weighted by atomic mass is 16.6. The molecule has 1 aliphatic heterocycles. The number of hydrogen-bond donors (Lipinski definition) is 4. The fourth-order valence-corrected chi connectivity index (χ4v) is 5.32. The zero-order chi connectivity index (χ0) is 31.8. The lowest BCUT2D eigenvalue weighted by molar-refractivity contribution is -0.125. The van der Waals surface area contributed by atoms with Gasteiger partial charge in [-0.3, -0.25) is 9.59 Å². The zero-order valence-corrected chi connectivity index (χ0v) is 25.7. The molecule has 45 heavy (non-hydrogen) atoms. The van der Waals surface area contributed by atoms with Crippen LogP contribution in [-0.2, 0) is 38.5 Å². The van der Waals surface area contributed by atoms with Crippen LogP contribution in [0, 0.1) is 0 Å². The standard InChI is InChI=1S/C36H40N4O5/c1-4-29(40-35(43)44-22-26-15-9-6-10-16-26)34(42)39-31(20-27-21-37-30-18-12-11-17-28(27)30)24(2)38-32(33(41)36(3)23-45-36)19-25-13-7-5-8-14-25/h5-18,21,29,31-32,37-38H,2,4,19-20,22-23H2,1,3H3,(H,39,42)(H,40,43)/t29-,31+,32+,36-/m1/s1. The van der Waals surface area contributed by atoms with Crippen LogP contribution in [-0.4, -0.2) is 53.1 Å². The van der Waals surface area contributed by atoms with E-state index < -0.39 is 29.8 Å². The monoisotopic (exact) mass is 608 g/mol. The largest absolute Gasteiger partial charge is 0.445 e. The third-order valence-corrected chi connectivity index (χ3v) is 8.12. The number of ether oxygens (including phenoxy) is 2. The summed E-state index contributed by atoms with van der Waals surface area (Å²) in [6.07, 6.45) is 2.40. The minimum atomic E-state index is -0.848. The van der Waals surface area contributed by atoms with Crippen molar-refractivity contribution in [2.24, 2.45) is 0 Å². The SMILES string of the molecule is C=C(N[C@@H](Cc1ccccc1)C(=O)[C@@]1(C)CO1)[C@H](Cc1c[nH]c2ccccc12)NC(=O)[C@@H](CC)NC(=O)OCc1ccccc1. The van der Waals surface area contributed by atoms with Gasteiger partial charge >= 0.3 is 6.09 Å². The molecule has 0 radical (unpaired) electrons. The predicted octanol–water partition coefficient (Wildman–Crippen LogP) is 4.97. The van der Waals surface area contributed by atoms with Crippen molar-refractivity contribution in [3.05, 3.63) is 120 Å². The number of H-pyrrole nitrogens is 1. The Morgan fingerprint density at radius 3 is 2.18 bits per heavy atom. The number of epoxide rings is 1. The second kappa shape index (κ2) is 14.3. The van der Waals surface area contributed by atoms with E-state index in [1.165, 1.54) is 0 Å². The van der Waals surface area contributed by atoms with Gasteiger partial charge in [0, 0.05) is 29.2 Å². The van der Waals surface area contributed by atoms with E-state index in [-0.39, 0.29) is 18.3 Å². The molecule has 2 heterocycles. The molecular weight excluding hydrogens is 568 g/mol. The fourth-order valence-electron chi connectivity index (χ4n) is 5.32. The van der Waals surface area contributed by atoms with Gasteiger partial charge in [-0.05, 0) is 42.5 Å². The number of carbonyl (C=O) groups is 3. The number of benzene rings is 3. The first-order valence-electron chi connectivity index (χ1n) is 15.3. The summed E-state index contributed by atoms with van der Waals surface area (Å²) < 4.78 is 10.9. The Morgan fingerprint density at radius 1 is 0.867 bits per heavy atom. The molecule has 1 aromatic heterocycles. The van der Waals surface area contributed by atoms with Gasteiger partial charge < -0.3 is 30.4 Å². The van der Waals surface area contributed by atoms with Crippen molar-refractivity contribution in [2.75, 3.05) is 6.61 Å². The minimum absolute atomic E-state index is 0.0704. The molecule has 9 nitrogen and oxygen atoms in total. The maximum absolute atomic E-state index is 13.6. The van der Waals surface area contributed by atoms with Crippen LogP contribution in [0.25, 0.3) is 10.9 Å². The number of nitrogens with one attached hydrogen (secondary N) is 4. The summed E-state index contributed by atoms with van der Waals surface area (Å²) in [4.78, 5) is 43.1. The Kier molecular flexibility index (Phi) is 9.99. The zero-order valence-electron chi connectivity index (χ0n) is 25.7. The van der Waals surface area contributed by atoms with Crippen molar-refractivity contribution in [1.29, 1.82) is 0 Å². The molecule has 0 bridgehead atoms. The molecule has 2 amide bonds. The highest BCUT2D eigenvalue weighted by Gasteiger charge is 2.50. The Balaban J connectivity index is 1.33. The van der Waals surface area contributed by atoms with Crippen molar-refractivity contribution in [2.45, 2.75) is 63.4 Å². The first kappa shape index (κ1) is 31.5. The summed E-state index contributed by atoms with van der Waals surface area (Å²) in [5, 5.41) is 10.2. The van der Waals surface area contributed by atoms with E-state index in [1.807, 2.05) is 98.0 Å². The van der Waals surface area contributed by atoms with Crippen LogP contribution in [0.15, 0.2) is 103 Å². The Bertz CT molecular complexity index is 1630. The van der Waals surface area contributed by atoms with Crippen LogP contribution in [0.4, 0.5) is 4.79 Å². The quantitative estimate of drug-likeness (QED) is 0.141. The van der Waals surface area contributed by atoms with Gasteiger partial charge in [0.05, 0.1) is 18.7 Å². The first-order chi connectivity index (χ1) is 21.8. The molecule has 4 atom stereocenters. The Morgan fingerprint density at radius 2 is 1.51 bits per heavy atom. The van der Waals surface area contributed by atoms with E-state index in [9.17, 15) is 14.4 Å². The van der Waals surface area contributed by atoms with Crippen LogP contribution in [0.2, 0.25) is 0 Å². The first-order valence-corrected chi connectivity index (χ1v) is 15.3. The molecule has 0 unspecified atom stereocenters. The lowest BCUT2D eigenvalue weighted by Crippen LogP contribution is -2.53. The predicted molar refractivity (Wildman–Crippen MR) is 173 cm³/mol. The number of carbonyl (C=O) groups excluding carboxylic acids is 3. The Hall–Kier alpha value is -4.89. The smallest absolute Gasteiger partial charge is 0.408 e. The van der Waals surface area contributed by atoms with Crippen LogP contribution in [0.1, 0.15) is 37.0 Å². The summed E-state index contributed by atoms with van der Waals surface area (Å²) in [6, 6.07) is 24.9. The number of amides is 2. The highest BCUT2D eigenvalue weighted by molar-refractivity contribution is 5.94.